The molecule has 3 amide bonds. The van der Waals surface area contributed by atoms with Crippen molar-refractivity contribution < 1.29 is 23.7 Å². The number of hydrogen-bond acceptors (Lipinski definition) is 5. The third-order valence-corrected chi connectivity index (χ3v) is 4.93. The molecule has 0 saturated carbocycles. The van der Waals surface area contributed by atoms with E-state index in [1.54, 1.807) is 12.1 Å². The molecule has 0 radical (unpaired) electrons. The number of hydrogen-bond donors (Lipinski definition) is 3. The first-order chi connectivity index (χ1) is 16.2. The fourth-order valence-corrected chi connectivity index (χ4v) is 3.05. The molecule has 0 atom stereocenters. The smallest absolute Gasteiger partial charge is 0.288 e. The van der Waals surface area contributed by atoms with Crippen LogP contribution in [-0.2, 0) is 0 Å². The van der Waals surface area contributed by atoms with Gasteiger partial charge in [-0.05, 0) is 60.7 Å². The van der Waals surface area contributed by atoms with E-state index in [0.717, 1.165) is 6.07 Å². The maximum Gasteiger partial charge on any atom is 0.288 e. The van der Waals surface area contributed by atoms with Crippen LogP contribution in [0.1, 0.15) is 31.1 Å². The van der Waals surface area contributed by atoms with E-state index in [1.807, 2.05) is 0 Å². The van der Waals surface area contributed by atoms with Crippen LogP contribution in [0.25, 0.3) is 0 Å². The van der Waals surface area contributed by atoms with E-state index in [4.69, 9.17) is 11.6 Å². The molecule has 3 N–H and O–H groups in total. The Morgan fingerprint density at radius 1 is 0.794 bits per heavy atom. The highest BCUT2D eigenvalue weighted by Crippen LogP contribution is 2.25. The van der Waals surface area contributed by atoms with E-state index in [-0.39, 0.29) is 29.4 Å². The number of halogens is 2. The molecule has 0 bridgehead atoms. The summed E-state index contributed by atoms with van der Waals surface area (Å²) < 4.78 is 13.0. The van der Waals surface area contributed by atoms with Crippen LogP contribution < -0.4 is 16.0 Å². The van der Waals surface area contributed by atoms with Crippen LogP contribution in [0.5, 0.6) is 0 Å². The molecule has 0 aromatic heterocycles. The quantitative estimate of drug-likeness (QED) is 0.254. The lowest BCUT2D eigenvalue weighted by Crippen LogP contribution is -2.34. The Labute approximate surface area is 198 Å². The highest BCUT2D eigenvalue weighted by Gasteiger charge is 2.16. The molecule has 0 aliphatic carbocycles. The van der Waals surface area contributed by atoms with Crippen molar-refractivity contribution in [2.24, 2.45) is 0 Å². The van der Waals surface area contributed by atoms with Crippen LogP contribution in [-0.4, -0.2) is 35.7 Å². The van der Waals surface area contributed by atoms with Crippen molar-refractivity contribution in [1.29, 1.82) is 0 Å². The molecule has 0 unspecified atom stereocenters. The normalized spacial score (nSPS) is 10.3. The van der Waals surface area contributed by atoms with Crippen molar-refractivity contribution in [3.8, 4) is 0 Å². The minimum atomic E-state index is -0.682. The lowest BCUT2D eigenvalue weighted by Gasteiger charge is -2.09. The summed E-state index contributed by atoms with van der Waals surface area (Å²) >= 11 is 5.73. The highest BCUT2D eigenvalue weighted by molar-refractivity contribution is 6.32. The van der Waals surface area contributed by atoms with Gasteiger partial charge >= 0.3 is 0 Å². The summed E-state index contributed by atoms with van der Waals surface area (Å²) in [6.45, 7) is 0.204. The van der Waals surface area contributed by atoms with Crippen molar-refractivity contribution in [2.75, 3.05) is 18.4 Å². The molecule has 0 fully saturated rings. The number of carbonyl (C=O) groups is 3. The Kier molecular flexibility index (Phi) is 7.88. The zero-order valence-corrected chi connectivity index (χ0v) is 18.3. The first kappa shape index (κ1) is 24.3. The number of nitrogens with zero attached hydrogens (tertiary/aromatic N) is 1. The standard InChI is InChI=1S/C23H18ClFN4O5/c24-19-10-5-16(13-20(19)29(33)34)22(31)27-12-11-26-21(30)14-3-8-18(9-4-14)28-23(32)15-1-6-17(25)7-2-15/h1-10,13H,11-12H2,(H,26,30)(H,27,31)(H,28,32). The van der Waals surface area contributed by atoms with Gasteiger partial charge < -0.3 is 16.0 Å². The maximum absolute atomic E-state index is 13.0. The van der Waals surface area contributed by atoms with Crippen molar-refractivity contribution in [2.45, 2.75) is 0 Å². The molecule has 0 saturated heterocycles. The number of nitro benzene ring substituents is 1. The summed E-state index contributed by atoms with van der Waals surface area (Å²) in [5, 5.41) is 18.7. The fourth-order valence-electron chi connectivity index (χ4n) is 2.86. The summed E-state index contributed by atoms with van der Waals surface area (Å²) in [7, 11) is 0. The van der Waals surface area contributed by atoms with Gasteiger partial charge in [-0.2, -0.15) is 0 Å². The molecule has 34 heavy (non-hydrogen) atoms. The first-order valence-electron chi connectivity index (χ1n) is 9.92. The van der Waals surface area contributed by atoms with Gasteiger partial charge in [0.05, 0.1) is 4.92 Å². The average molecular weight is 485 g/mol. The molecular formula is C23H18ClFN4O5. The molecule has 0 aliphatic rings. The Bertz CT molecular complexity index is 1230. The minimum Gasteiger partial charge on any atom is -0.350 e. The predicted molar refractivity (Wildman–Crippen MR) is 124 cm³/mol. The van der Waals surface area contributed by atoms with Gasteiger partial charge in [0.1, 0.15) is 10.8 Å². The molecule has 11 heteroatoms. The topological polar surface area (TPSA) is 130 Å². The molecule has 0 spiro atoms. The van der Waals surface area contributed by atoms with Gasteiger partial charge in [0, 0.05) is 41.5 Å². The van der Waals surface area contributed by atoms with E-state index < -0.39 is 28.5 Å². The Balaban J connectivity index is 1.46. The van der Waals surface area contributed by atoms with Crippen molar-refractivity contribution in [3.05, 3.63) is 104 Å². The summed E-state index contributed by atoms with van der Waals surface area (Å²) in [4.78, 5) is 46.8. The molecule has 0 heterocycles. The number of anilines is 1. The second-order valence-electron chi connectivity index (χ2n) is 6.97. The van der Waals surface area contributed by atoms with E-state index >= 15 is 0 Å². The summed E-state index contributed by atoms with van der Waals surface area (Å²) in [5.74, 6) is -1.80. The van der Waals surface area contributed by atoms with Crippen LogP contribution in [0.4, 0.5) is 15.8 Å². The van der Waals surface area contributed by atoms with Crippen molar-refractivity contribution in [1.82, 2.24) is 10.6 Å². The average Bonchev–Trinajstić information content (AvgIpc) is 2.82. The van der Waals surface area contributed by atoms with Gasteiger partial charge in [-0.25, -0.2) is 4.39 Å². The maximum atomic E-state index is 13.0. The van der Waals surface area contributed by atoms with E-state index in [1.165, 1.54) is 48.5 Å². The predicted octanol–water partition coefficient (Wildman–Crippen LogP) is 3.80. The number of amides is 3. The Morgan fingerprint density at radius 2 is 1.29 bits per heavy atom. The largest absolute Gasteiger partial charge is 0.350 e. The van der Waals surface area contributed by atoms with Crippen molar-refractivity contribution in [3.63, 3.8) is 0 Å². The highest BCUT2D eigenvalue weighted by atomic mass is 35.5. The Morgan fingerprint density at radius 3 is 1.88 bits per heavy atom. The van der Waals surface area contributed by atoms with E-state index in [0.29, 0.717) is 16.8 Å². The summed E-state index contributed by atoms with van der Waals surface area (Å²) in [6, 6.07) is 14.9. The third kappa shape index (κ3) is 6.36. The van der Waals surface area contributed by atoms with Gasteiger partial charge in [0.2, 0.25) is 0 Å². The van der Waals surface area contributed by atoms with Crippen LogP contribution in [0, 0.1) is 15.9 Å². The number of nitrogens with one attached hydrogen (secondary N) is 3. The molecular weight excluding hydrogens is 467 g/mol. The van der Waals surface area contributed by atoms with Gasteiger partial charge in [0.15, 0.2) is 0 Å². The molecule has 3 aromatic carbocycles. The minimum absolute atomic E-state index is 0.0701. The first-order valence-corrected chi connectivity index (χ1v) is 10.3. The molecule has 3 rings (SSSR count). The molecule has 0 aliphatic heterocycles. The zero-order chi connectivity index (χ0) is 24.7. The molecule has 174 valence electrons. The SMILES string of the molecule is O=C(NCCNC(=O)c1ccc(Cl)c([N+](=O)[O-])c1)c1ccc(NC(=O)c2ccc(F)cc2)cc1. The van der Waals surface area contributed by atoms with Gasteiger partial charge in [0.25, 0.3) is 23.4 Å². The zero-order valence-electron chi connectivity index (χ0n) is 17.5. The lowest BCUT2D eigenvalue weighted by molar-refractivity contribution is -0.384. The summed E-state index contributed by atoms with van der Waals surface area (Å²) in [5.41, 5.74) is 0.772. The summed E-state index contributed by atoms with van der Waals surface area (Å²) in [6.07, 6.45) is 0. The van der Waals surface area contributed by atoms with Crippen LogP contribution in [0.2, 0.25) is 5.02 Å². The Hall–Kier alpha value is -4.31. The monoisotopic (exact) mass is 484 g/mol. The van der Waals surface area contributed by atoms with Gasteiger partial charge in [-0.3, -0.25) is 24.5 Å². The third-order valence-electron chi connectivity index (χ3n) is 4.61. The fraction of sp³-hybridized carbons (Fsp3) is 0.0870. The van der Waals surface area contributed by atoms with Crippen LogP contribution >= 0.6 is 11.6 Å². The van der Waals surface area contributed by atoms with E-state index in [9.17, 15) is 28.9 Å². The van der Waals surface area contributed by atoms with Crippen LogP contribution in [0.3, 0.4) is 0 Å². The molecule has 9 nitrogen and oxygen atoms in total. The van der Waals surface area contributed by atoms with Crippen LogP contribution in [0.15, 0.2) is 66.7 Å². The number of nitro groups is 1. The molecule has 3 aromatic rings. The van der Waals surface area contributed by atoms with Crippen molar-refractivity contribution >= 4 is 40.7 Å². The second-order valence-corrected chi connectivity index (χ2v) is 7.38. The number of benzene rings is 3. The number of carbonyl (C=O) groups excluding carboxylic acids is 3. The van der Waals surface area contributed by atoms with E-state index in [2.05, 4.69) is 16.0 Å². The second kappa shape index (κ2) is 11.0. The van der Waals surface area contributed by atoms with Gasteiger partial charge in [-0.1, -0.05) is 11.6 Å². The van der Waals surface area contributed by atoms with Gasteiger partial charge in [-0.15, -0.1) is 0 Å². The lowest BCUT2D eigenvalue weighted by atomic mass is 10.1. The number of rotatable bonds is 8.